The quantitative estimate of drug-likeness (QED) is 0.660. The van der Waals surface area contributed by atoms with Gasteiger partial charge in [0.05, 0.1) is 11.7 Å². The fourth-order valence-electron chi connectivity index (χ4n) is 1.84. The molecule has 0 aliphatic rings. The summed E-state index contributed by atoms with van der Waals surface area (Å²) in [7, 11) is 0. The molecule has 8 heteroatoms. The summed E-state index contributed by atoms with van der Waals surface area (Å²) in [6.07, 6.45) is -4.21. The van der Waals surface area contributed by atoms with Gasteiger partial charge in [-0.3, -0.25) is 0 Å². The van der Waals surface area contributed by atoms with E-state index in [-0.39, 0.29) is 13.0 Å². The first-order valence-electron chi connectivity index (χ1n) is 7.02. The van der Waals surface area contributed by atoms with Gasteiger partial charge in [-0.25, -0.2) is 13.6 Å². The second kappa shape index (κ2) is 7.56. The van der Waals surface area contributed by atoms with Crippen LogP contribution in [0.1, 0.15) is 38.9 Å². The number of aliphatic hydroxyl groups is 2. The van der Waals surface area contributed by atoms with E-state index in [0.717, 1.165) is 0 Å². The summed E-state index contributed by atoms with van der Waals surface area (Å²) in [5.74, 6) is -2.97. The second-order valence-electron chi connectivity index (χ2n) is 6.05. The third-order valence-corrected chi connectivity index (χ3v) is 2.83. The van der Waals surface area contributed by atoms with Crippen molar-refractivity contribution in [1.82, 2.24) is 5.32 Å². The Bertz CT molecular complexity index is 536. The standard InChI is InChI=1S/C15H21F2NO5/c1-15(2,3)23-14(22)18-5-4-11(20)13(21)12-9(16)6-8(19)7-10(12)17/h6-7,11,13,19-21H,4-5H2,1-3H3,(H,18,22). The number of carbonyl (C=O) groups excluding carboxylic acids is 1. The van der Waals surface area contributed by atoms with Gasteiger partial charge >= 0.3 is 6.09 Å². The number of halogens is 2. The predicted octanol–water partition coefficient (Wildman–Crippen LogP) is 1.98. The average molecular weight is 333 g/mol. The molecule has 4 N–H and O–H groups in total. The van der Waals surface area contributed by atoms with Crippen molar-refractivity contribution in [2.24, 2.45) is 0 Å². The zero-order chi connectivity index (χ0) is 17.8. The number of carbonyl (C=O) groups is 1. The lowest BCUT2D eigenvalue weighted by atomic mass is 10.0. The molecule has 0 aromatic heterocycles. The molecule has 0 heterocycles. The van der Waals surface area contributed by atoms with Crippen molar-refractivity contribution in [3.8, 4) is 5.75 Å². The molecule has 2 unspecified atom stereocenters. The number of nitrogens with one attached hydrogen (secondary N) is 1. The highest BCUT2D eigenvalue weighted by atomic mass is 19.1. The first-order valence-corrected chi connectivity index (χ1v) is 7.02. The third kappa shape index (κ3) is 5.99. The fourth-order valence-corrected chi connectivity index (χ4v) is 1.84. The highest BCUT2D eigenvalue weighted by Gasteiger charge is 2.26. The maximum absolute atomic E-state index is 13.6. The third-order valence-electron chi connectivity index (χ3n) is 2.83. The number of aromatic hydroxyl groups is 1. The number of amides is 1. The van der Waals surface area contributed by atoms with Gasteiger partial charge in [0.15, 0.2) is 0 Å². The Balaban J connectivity index is 2.59. The molecule has 2 atom stereocenters. The Morgan fingerprint density at radius 3 is 2.26 bits per heavy atom. The average Bonchev–Trinajstić information content (AvgIpc) is 2.34. The summed E-state index contributed by atoms with van der Waals surface area (Å²) in [6.45, 7) is 4.99. The number of hydrogen-bond donors (Lipinski definition) is 4. The molecule has 0 radical (unpaired) electrons. The number of phenols is 1. The van der Waals surface area contributed by atoms with Gasteiger partial charge in [-0.2, -0.15) is 0 Å². The number of aliphatic hydroxyl groups excluding tert-OH is 2. The molecule has 0 saturated carbocycles. The summed E-state index contributed by atoms with van der Waals surface area (Å²) in [4.78, 5) is 11.4. The van der Waals surface area contributed by atoms with Crippen LogP contribution in [0.15, 0.2) is 12.1 Å². The molecule has 1 aromatic rings. The van der Waals surface area contributed by atoms with Crippen LogP contribution in [0.5, 0.6) is 5.75 Å². The SMILES string of the molecule is CC(C)(C)OC(=O)NCCC(O)C(O)c1c(F)cc(O)cc1F. The van der Waals surface area contributed by atoms with E-state index < -0.39 is 46.8 Å². The summed E-state index contributed by atoms with van der Waals surface area (Å²) in [5, 5.41) is 31.0. The molecule has 1 rings (SSSR count). The van der Waals surface area contributed by atoms with E-state index in [1.54, 1.807) is 20.8 Å². The second-order valence-corrected chi connectivity index (χ2v) is 6.05. The molecule has 0 aliphatic carbocycles. The van der Waals surface area contributed by atoms with Crippen molar-refractivity contribution in [2.45, 2.75) is 45.0 Å². The van der Waals surface area contributed by atoms with Crippen LogP contribution < -0.4 is 5.32 Å². The smallest absolute Gasteiger partial charge is 0.407 e. The minimum Gasteiger partial charge on any atom is -0.508 e. The Kier molecular flexibility index (Phi) is 6.28. The van der Waals surface area contributed by atoms with Gasteiger partial charge in [0.2, 0.25) is 0 Å². The molecule has 23 heavy (non-hydrogen) atoms. The van der Waals surface area contributed by atoms with Crippen LogP contribution in [-0.4, -0.2) is 39.7 Å². The number of ether oxygens (including phenoxy) is 1. The molecule has 0 bridgehead atoms. The first kappa shape index (κ1) is 19.1. The lowest BCUT2D eigenvalue weighted by molar-refractivity contribution is 0.00823. The molecular weight excluding hydrogens is 312 g/mol. The Morgan fingerprint density at radius 1 is 1.26 bits per heavy atom. The predicted molar refractivity (Wildman–Crippen MR) is 77.8 cm³/mol. The van der Waals surface area contributed by atoms with E-state index in [9.17, 15) is 23.8 Å². The van der Waals surface area contributed by atoms with Gasteiger partial charge in [-0.1, -0.05) is 0 Å². The van der Waals surface area contributed by atoms with Gasteiger partial charge < -0.3 is 25.4 Å². The van der Waals surface area contributed by atoms with E-state index in [1.165, 1.54) is 0 Å². The first-order chi connectivity index (χ1) is 10.5. The summed E-state index contributed by atoms with van der Waals surface area (Å²) in [5.41, 5.74) is -1.42. The van der Waals surface area contributed by atoms with Crippen molar-refractivity contribution in [1.29, 1.82) is 0 Å². The summed E-state index contributed by atoms with van der Waals surface area (Å²) >= 11 is 0. The Labute approximate surface area is 132 Å². The molecule has 0 aliphatic heterocycles. The molecule has 1 aromatic carbocycles. The summed E-state index contributed by atoms with van der Waals surface area (Å²) in [6, 6.07) is 1.26. The number of rotatable bonds is 5. The van der Waals surface area contributed by atoms with Crippen LogP contribution in [0, 0.1) is 11.6 Å². The van der Waals surface area contributed by atoms with Crippen LogP contribution in [-0.2, 0) is 4.74 Å². The van der Waals surface area contributed by atoms with Gasteiger partial charge in [0.1, 0.15) is 29.1 Å². The van der Waals surface area contributed by atoms with E-state index >= 15 is 0 Å². The molecule has 6 nitrogen and oxygen atoms in total. The van der Waals surface area contributed by atoms with Crippen molar-refractivity contribution < 1.29 is 33.6 Å². The highest BCUT2D eigenvalue weighted by Crippen LogP contribution is 2.27. The van der Waals surface area contributed by atoms with Crippen LogP contribution in [0.3, 0.4) is 0 Å². The zero-order valence-electron chi connectivity index (χ0n) is 13.1. The van der Waals surface area contributed by atoms with Crippen LogP contribution in [0.25, 0.3) is 0 Å². The molecule has 130 valence electrons. The Hall–Kier alpha value is -1.93. The van der Waals surface area contributed by atoms with Crippen molar-refractivity contribution in [2.75, 3.05) is 6.54 Å². The topological polar surface area (TPSA) is 99.0 Å². The number of phenolic OH excluding ortho intramolecular Hbond substituents is 1. The Morgan fingerprint density at radius 2 is 1.78 bits per heavy atom. The monoisotopic (exact) mass is 333 g/mol. The molecule has 0 spiro atoms. The number of alkyl carbamates (subject to hydrolysis) is 1. The van der Waals surface area contributed by atoms with Crippen LogP contribution in [0.2, 0.25) is 0 Å². The summed E-state index contributed by atoms with van der Waals surface area (Å²) < 4.78 is 32.2. The van der Waals surface area contributed by atoms with Crippen molar-refractivity contribution in [3.63, 3.8) is 0 Å². The lowest BCUT2D eigenvalue weighted by Gasteiger charge is -2.21. The van der Waals surface area contributed by atoms with Gasteiger partial charge in [-0.15, -0.1) is 0 Å². The van der Waals surface area contributed by atoms with Crippen molar-refractivity contribution >= 4 is 6.09 Å². The van der Waals surface area contributed by atoms with Crippen LogP contribution in [0.4, 0.5) is 13.6 Å². The van der Waals surface area contributed by atoms with E-state index in [1.807, 2.05) is 0 Å². The van der Waals surface area contributed by atoms with Gasteiger partial charge in [0.25, 0.3) is 0 Å². The normalized spacial score (nSPS) is 14.2. The largest absolute Gasteiger partial charge is 0.508 e. The van der Waals surface area contributed by atoms with Crippen molar-refractivity contribution in [3.05, 3.63) is 29.3 Å². The van der Waals surface area contributed by atoms with E-state index in [4.69, 9.17) is 9.84 Å². The minimum absolute atomic E-state index is 0.0610. The number of benzene rings is 1. The molecular formula is C15H21F2NO5. The van der Waals surface area contributed by atoms with E-state index in [0.29, 0.717) is 12.1 Å². The number of hydrogen-bond acceptors (Lipinski definition) is 5. The zero-order valence-corrected chi connectivity index (χ0v) is 13.1. The van der Waals surface area contributed by atoms with Gasteiger partial charge in [-0.05, 0) is 27.2 Å². The van der Waals surface area contributed by atoms with Gasteiger partial charge in [0, 0.05) is 18.7 Å². The van der Waals surface area contributed by atoms with Crippen LogP contribution >= 0.6 is 0 Å². The maximum atomic E-state index is 13.6. The lowest BCUT2D eigenvalue weighted by Crippen LogP contribution is -2.34. The maximum Gasteiger partial charge on any atom is 0.407 e. The highest BCUT2D eigenvalue weighted by molar-refractivity contribution is 5.67. The van der Waals surface area contributed by atoms with E-state index in [2.05, 4.69) is 5.32 Å². The molecule has 0 saturated heterocycles. The fraction of sp³-hybridized carbons (Fsp3) is 0.533. The minimum atomic E-state index is -1.84. The molecule has 0 fully saturated rings. The molecule has 1 amide bonds.